The lowest BCUT2D eigenvalue weighted by molar-refractivity contribution is -0.144. The largest absolute Gasteiger partial charge is 0.454 e. The van der Waals surface area contributed by atoms with Crippen LogP contribution in [0.3, 0.4) is 0 Å². The molecule has 0 saturated heterocycles. The summed E-state index contributed by atoms with van der Waals surface area (Å²) in [6.07, 6.45) is 11.8. The Kier molecular flexibility index (Phi) is 2.68. The van der Waals surface area contributed by atoms with Gasteiger partial charge in [0.15, 0.2) is 0 Å². The lowest BCUT2D eigenvalue weighted by Gasteiger charge is -2.16. The minimum absolute atomic E-state index is 0.120. The first-order valence-electron chi connectivity index (χ1n) is 7.57. The second-order valence-electron chi connectivity index (χ2n) is 6.21. The van der Waals surface area contributed by atoms with E-state index >= 15 is 0 Å². The van der Waals surface area contributed by atoms with Crippen LogP contribution in [-0.4, -0.2) is 5.97 Å². The minimum atomic E-state index is -0.278. The van der Waals surface area contributed by atoms with Crippen molar-refractivity contribution < 1.29 is 9.53 Å². The van der Waals surface area contributed by atoms with E-state index < -0.39 is 0 Å². The van der Waals surface area contributed by atoms with E-state index in [4.69, 9.17) is 4.74 Å². The van der Waals surface area contributed by atoms with E-state index in [1.165, 1.54) is 27.1 Å². The molecule has 2 nitrogen and oxygen atoms in total. The standard InChI is InChI=1S/C19H18O2/c1-11(2)19(20)21-16-10-14-7-3-6-13-9-12-5-4-8-15(12)18(16)17(13)14/h4-6,8-9,14,16H,1,3,7,10H2,2H3. The molecule has 2 heteroatoms. The summed E-state index contributed by atoms with van der Waals surface area (Å²) < 4.78 is 5.74. The number of rotatable bonds is 2. The van der Waals surface area contributed by atoms with Gasteiger partial charge in [0.05, 0.1) is 0 Å². The predicted octanol–water partition coefficient (Wildman–Crippen LogP) is 2.72. The molecule has 2 unspecified atom stereocenters. The van der Waals surface area contributed by atoms with Crippen molar-refractivity contribution in [3.05, 3.63) is 51.4 Å². The quantitative estimate of drug-likeness (QED) is 0.614. The minimum Gasteiger partial charge on any atom is -0.454 e. The molecule has 0 N–H and O–H groups in total. The van der Waals surface area contributed by atoms with Gasteiger partial charge in [-0.05, 0) is 59.7 Å². The Morgan fingerprint density at radius 2 is 2.24 bits per heavy atom. The molecule has 4 rings (SSSR count). The summed E-state index contributed by atoms with van der Waals surface area (Å²) in [6.45, 7) is 5.40. The Balaban J connectivity index is 1.89. The number of hydrogen-bond donors (Lipinski definition) is 0. The number of esters is 1. The van der Waals surface area contributed by atoms with Crippen LogP contribution in [0.1, 0.15) is 54.9 Å². The van der Waals surface area contributed by atoms with Crippen LogP contribution in [0.5, 0.6) is 0 Å². The maximum absolute atomic E-state index is 11.9. The second kappa shape index (κ2) is 4.45. The van der Waals surface area contributed by atoms with E-state index in [-0.39, 0.29) is 12.1 Å². The third-order valence-corrected chi connectivity index (χ3v) is 4.76. The highest BCUT2D eigenvalue weighted by molar-refractivity contribution is 5.87. The zero-order valence-electron chi connectivity index (χ0n) is 12.2. The van der Waals surface area contributed by atoms with E-state index in [1.807, 2.05) is 0 Å². The summed E-state index contributed by atoms with van der Waals surface area (Å²) in [5.74, 6) is 0.252. The van der Waals surface area contributed by atoms with Gasteiger partial charge < -0.3 is 4.74 Å². The molecule has 0 saturated carbocycles. The molecule has 2 atom stereocenters. The predicted molar refractivity (Wildman–Crippen MR) is 83.9 cm³/mol. The molecule has 0 radical (unpaired) electrons. The van der Waals surface area contributed by atoms with Crippen LogP contribution in [0.2, 0.25) is 0 Å². The fraction of sp³-hybridized carbons (Fsp3) is 0.316. The molecule has 1 aromatic rings. The lowest BCUT2D eigenvalue weighted by atomic mass is 9.88. The highest BCUT2D eigenvalue weighted by Crippen LogP contribution is 2.43. The number of carbonyl (C=O) groups excluding carboxylic acids is 1. The number of benzene rings is 1. The van der Waals surface area contributed by atoms with Gasteiger partial charge in [-0.3, -0.25) is 0 Å². The van der Waals surface area contributed by atoms with E-state index in [2.05, 4.69) is 36.9 Å². The van der Waals surface area contributed by atoms with Crippen LogP contribution in [0.25, 0.3) is 18.2 Å². The molecular weight excluding hydrogens is 260 g/mol. The van der Waals surface area contributed by atoms with Gasteiger partial charge in [0.2, 0.25) is 0 Å². The fourth-order valence-electron chi connectivity index (χ4n) is 3.86. The monoisotopic (exact) mass is 278 g/mol. The van der Waals surface area contributed by atoms with Gasteiger partial charge in [0.25, 0.3) is 0 Å². The fourth-order valence-corrected chi connectivity index (χ4v) is 3.86. The van der Waals surface area contributed by atoms with Gasteiger partial charge >= 0.3 is 5.97 Å². The summed E-state index contributed by atoms with van der Waals surface area (Å²) in [4.78, 5) is 11.9. The van der Waals surface area contributed by atoms with E-state index in [0.717, 1.165) is 19.3 Å². The number of fused-ring (bicyclic) bond motifs is 2. The third-order valence-electron chi connectivity index (χ3n) is 4.76. The van der Waals surface area contributed by atoms with Gasteiger partial charge in [-0.15, -0.1) is 0 Å². The molecule has 0 fully saturated rings. The second-order valence-corrected chi connectivity index (χ2v) is 6.21. The number of ether oxygens (including phenoxy) is 1. The van der Waals surface area contributed by atoms with Gasteiger partial charge in [-0.25, -0.2) is 4.79 Å². The summed E-state index contributed by atoms with van der Waals surface area (Å²) in [5.41, 5.74) is 4.37. The molecule has 0 amide bonds. The van der Waals surface area contributed by atoms with Crippen molar-refractivity contribution in [3.8, 4) is 0 Å². The Morgan fingerprint density at radius 1 is 1.38 bits per heavy atom. The molecule has 0 aromatic heterocycles. The molecule has 1 aromatic carbocycles. The highest BCUT2D eigenvalue weighted by atomic mass is 16.5. The van der Waals surface area contributed by atoms with Crippen molar-refractivity contribution in [3.63, 3.8) is 0 Å². The Bertz CT molecular complexity index is 811. The third kappa shape index (κ3) is 1.82. The van der Waals surface area contributed by atoms with Crippen molar-refractivity contribution in [1.82, 2.24) is 0 Å². The summed E-state index contributed by atoms with van der Waals surface area (Å²) in [5, 5.41) is 2.58. The van der Waals surface area contributed by atoms with Crippen molar-refractivity contribution in [1.29, 1.82) is 0 Å². The number of allylic oxidation sites excluding steroid dienone is 1. The lowest BCUT2D eigenvalue weighted by Crippen LogP contribution is -2.25. The average molecular weight is 278 g/mol. The van der Waals surface area contributed by atoms with E-state index in [1.54, 1.807) is 6.92 Å². The molecule has 3 aliphatic carbocycles. The van der Waals surface area contributed by atoms with Gasteiger partial charge in [0, 0.05) is 11.1 Å². The first-order valence-corrected chi connectivity index (χ1v) is 7.57. The number of carbonyl (C=O) groups is 1. The molecule has 106 valence electrons. The summed E-state index contributed by atoms with van der Waals surface area (Å²) >= 11 is 0. The first kappa shape index (κ1) is 12.6. The maximum atomic E-state index is 11.9. The molecule has 0 heterocycles. The summed E-state index contributed by atoms with van der Waals surface area (Å²) in [7, 11) is 0. The van der Waals surface area contributed by atoms with E-state index in [9.17, 15) is 4.79 Å². The summed E-state index contributed by atoms with van der Waals surface area (Å²) in [6, 6.07) is 2.28. The van der Waals surface area contributed by atoms with Crippen LogP contribution in [0.4, 0.5) is 0 Å². The van der Waals surface area contributed by atoms with Gasteiger partial charge in [-0.2, -0.15) is 0 Å². The van der Waals surface area contributed by atoms with Crippen LogP contribution in [-0.2, 0) is 9.53 Å². The topological polar surface area (TPSA) is 26.3 Å². The molecule has 0 aliphatic heterocycles. The SMILES string of the molecule is C=C(C)C(=O)OC1CC2CCC=c3cc4c(c1c32)=CC=C4. The van der Waals surface area contributed by atoms with E-state index in [0.29, 0.717) is 11.5 Å². The van der Waals surface area contributed by atoms with Gasteiger partial charge in [-0.1, -0.05) is 30.9 Å². The molecular formula is C19H18O2. The van der Waals surface area contributed by atoms with Gasteiger partial charge in [0.1, 0.15) is 6.10 Å². The molecule has 0 bridgehead atoms. The smallest absolute Gasteiger partial charge is 0.333 e. The van der Waals surface area contributed by atoms with Crippen LogP contribution >= 0.6 is 0 Å². The first-order chi connectivity index (χ1) is 10.1. The number of hydrogen-bond acceptors (Lipinski definition) is 2. The molecule has 3 aliphatic rings. The average Bonchev–Trinajstić information content (AvgIpc) is 3.04. The molecule has 21 heavy (non-hydrogen) atoms. The Labute approximate surface area is 124 Å². The van der Waals surface area contributed by atoms with Crippen LogP contribution in [0.15, 0.2) is 24.3 Å². The maximum Gasteiger partial charge on any atom is 0.333 e. The molecule has 0 spiro atoms. The van der Waals surface area contributed by atoms with Crippen molar-refractivity contribution >= 4 is 24.2 Å². The van der Waals surface area contributed by atoms with Crippen molar-refractivity contribution in [2.45, 2.75) is 38.2 Å². The highest BCUT2D eigenvalue weighted by Gasteiger charge is 2.36. The van der Waals surface area contributed by atoms with Crippen LogP contribution < -0.4 is 10.4 Å². The Hall–Kier alpha value is -2.09. The normalized spacial score (nSPS) is 23.9. The Morgan fingerprint density at radius 3 is 3.05 bits per heavy atom. The zero-order chi connectivity index (χ0) is 14.6. The van der Waals surface area contributed by atoms with Crippen molar-refractivity contribution in [2.24, 2.45) is 0 Å². The zero-order valence-corrected chi connectivity index (χ0v) is 12.2. The van der Waals surface area contributed by atoms with Crippen molar-refractivity contribution in [2.75, 3.05) is 0 Å². The van der Waals surface area contributed by atoms with Crippen LogP contribution in [0, 0.1) is 0 Å².